The molecule has 0 aliphatic carbocycles. The minimum atomic E-state index is -0.423. The Morgan fingerprint density at radius 2 is 1.38 bits per heavy atom. The molecule has 0 bridgehead atoms. The second-order valence-electron chi connectivity index (χ2n) is 4.09. The standard InChI is InChI=1S/C9H11BrO2.C6H5BrO.CH4/c1-7(11)6-12-9-4-2-8(10)3-5-9;7-5-1-3-6(8)4-2-5;/h2-5,7,11H,6H2,1H3;1-4,8H;1H4/t7-;;/m1../s1. The van der Waals surface area contributed by atoms with Crippen LogP contribution in [-0.2, 0) is 0 Å². The van der Waals surface area contributed by atoms with Gasteiger partial charge in [-0.3, -0.25) is 0 Å². The quantitative estimate of drug-likeness (QED) is 0.735. The average molecular weight is 420 g/mol. The van der Waals surface area contributed by atoms with Crippen LogP contribution in [0.15, 0.2) is 57.5 Å². The molecule has 0 unspecified atom stereocenters. The molecule has 21 heavy (non-hydrogen) atoms. The second-order valence-corrected chi connectivity index (χ2v) is 5.92. The fourth-order valence-corrected chi connectivity index (χ4v) is 1.72. The first-order chi connectivity index (χ1) is 9.47. The average Bonchev–Trinajstić information content (AvgIpc) is 2.42. The summed E-state index contributed by atoms with van der Waals surface area (Å²) < 4.78 is 7.25. The largest absolute Gasteiger partial charge is 0.508 e. The number of halogens is 2. The van der Waals surface area contributed by atoms with Crippen LogP contribution < -0.4 is 4.74 Å². The van der Waals surface area contributed by atoms with Crippen molar-refractivity contribution in [2.45, 2.75) is 20.5 Å². The maximum absolute atomic E-state index is 8.93. The Balaban J connectivity index is 0.000000390. The number of aromatic hydroxyl groups is 1. The fraction of sp³-hybridized carbons (Fsp3) is 0.250. The summed E-state index contributed by atoms with van der Waals surface area (Å²) in [6, 6.07) is 14.3. The Bertz CT molecular complexity index is 475. The van der Waals surface area contributed by atoms with E-state index < -0.39 is 6.10 Å². The predicted molar refractivity (Wildman–Crippen MR) is 93.9 cm³/mol. The molecular formula is C16H20Br2O3. The van der Waals surface area contributed by atoms with Gasteiger partial charge >= 0.3 is 0 Å². The van der Waals surface area contributed by atoms with E-state index in [0.717, 1.165) is 14.7 Å². The van der Waals surface area contributed by atoms with E-state index in [4.69, 9.17) is 14.9 Å². The molecule has 0 amide bonds. The number of aliphatic hydroxyl groups excluding tert-OH is 1. The number of phenols is 1. The third-order valence-electron chi connectivity index (χ3n) is 2.13. The van der Waals surface area contributed by atoms with Crippen LogP contribution >= 0.6 is 31.9 Å². The van der Waals surface area contributed by atoms with Crippen LogP contribution in [0.2, 0.25) is 0 Å². The number of hydrogen-bond donors (Lipinski definition) is 2. The lowest BCUT2D eigenvalue weighted by Gasteiger charge is -2.07. The molecule has 0 spiro atoms. The molecule has 2 rings (SSSR count). The Morgan fingerprint density at radius 1 is 0.952 bits per heavy atom. The highest BCUT2D eigenvalue weighted by Crippen LogP contribution is 2.16. The zero-order valence-electron chi connectivity index (χ0n) is 11.0. The van der Waals surface area contributed by atoms with Gasteiger partial charge in [0.05, 0.1) is 6.10 Å². The summed E-state index contributed by atoms with van der Waals surface area (Å²) in [4.78, 5) is 0. The highest BCUT2D eigenvalue weighted by molar-refractivity contribution is 9.10. The molecule has 0 fully saturated rings. The first-order valence-electron chi connectivity index (χ1n) is 5.98. The zero-order chi connectivity index (χ0) is 15.0. The first kappa shape index (κ1) is 20.0. The summed E-state index contributed by atoms with van der Waals surface area (Å²) in [6.45, 7) is 2.03. The normalized spacial score (nSPS) is 10.7. The van der Waals surface area contributed by atoms with Crippen LogP contribution in [0.1, 0.15) is 14.4 Å². The monoisotopic (exact) mass is 418 g/mol. The van der Waals surface area contributed by atoms with E-state index in [2.05, 4.69) is 31.9 Å². The topological polar surface area (TPSA) is 49.7 Å². The van der Waals surface area contributed by atoms with Gasteiger partial charge in [0.1, 0.15) is 18.1 Å². The smallest absolute Gasteiger partial charge is 0.119 e. The SMILES string of the molecule is C.C[C@@H](O)COc1ccc(Br)cc1.Oc1ccc(Br)cc1. The van der Waals surface area contributed by atoms with Gasteiger partial charge in [-0.2, -0.15) is 0 Å². The Hall–Kier alpha value is -1.04. The molecule has 2 N–H and O–H groups in total. The molecule has 2 aromatic rings. The van der Waals surface area contributed by atoms with Crippen LogP contribution in [0.3, 0.4) is 0 Å². The van der Waals surface area contributed by atoms with Gasteiger partial charge in [0, 0.05) is 8.95 Å². The molecule has 116 valence electrons. The molecular weight excluding hydrogens is 400 g/mol. The molecule has 3 nitrogen and oxygen atoms in total. The number of rotatable bonds is 3. The minimum Gasteiger partial charge on any atom is -0.508 e. The lowest BCUT2D eigenvalue weighted by atomic mass is 10.3. The zero-order valence-corrected chi connectivity index (χ0v) is 14.1. The number of phenolic OH excluding ortho intramolecular Hbond substituents is 1. The highest BCUT2D eigenvalue weighted by atomic mass is 79.9. The highest BCUT2D eigenvalue weighted by Gasteiger charge is 1.96. The summed E-state index contributed by atoms with van der Waals surface area (Å²) in [7, 11) is 0. The van der Waals surface area contributed by atoms with Crippen LogP contribution in [0.4, 0.5) is 0 Å². The molecule has 0 saturated heterocycles. The molecule has 0 aromatic heterocycles. The van der Waals surface area contributed by atoms with Crippen LogP contribution in [0.25, 0.3) is 0 Å². The van der Waals surface area contributed by atoms with Crippen molar-refractivity contribution in [3.63, 3.8) is 0 Å². The summed E-state index contributed by atoms with van der Waals surface area (Å²) in [6.07, 6.45) is -0.423. The van der Waals surface area contributed by atoms with Gasteiger partial charge < -0.3 is 14.9 Å². The van der Waals surface area contributed by atoms with E-state index in [1.807, 2.05) is 24.3 Å². The van der Waals surface area contributed by atoms with E-state index in [1.54, 1.807) is 31.2 Å². The van der Waals surface area contributed by atoms with Crippen molar-refractivity contribution < 1.29 is 14.9 Å². The summed E-state index contributed by atoms with van der Waals surface area (Å²) >= 11 is 6.55. The number of hydrogen-bond acceptors (Lipinski definition) is 3. The second kappa shape index (κ2) is 10.7. The van der Waals surface area contributed by atoms with Crippen molar-refractivity contribution in [3.05, 3.63) is 57.5 Å². The van der Waals surface area contributed by atoms with E-state index in [9.17, 15) is 0 Å². The van der Waals surface area contributed by atoms with E-state index in [1.165, 1.54) is 0 Å². The summed E-state index contributed by atoms with van der Waals surface area (Å²) in [5.74, 6) is 1.08. The number of benzene rings is 2. The molecule has 0 saturated carbocycles. The van der Waals surface area contributed by atoms with Crippen molar-refractivity contribution in [3.8, 4) is 11.5 Å². The Labute approximate surface area is 142 Å². The maximum atomic E-state index is 8.93. The Kier molecular flexibility index (Phi) is 10.1. The van der Waals surface area contributed by atoms with E-state index >= 15 is 0 Å². The van der Waals surface area contributed by atoms with Crippen LogP contribution in [0, 0.1) is 0 Å². The molecule has 0 aliphatic rings. The molecule has 5 heteroatoms. The van der Waals surface area contributed by atoms with Gasteiger partial charge in [0.25, 0.3) is 0 Å². The third-order valence-corrected chi connectivity index (χ3v) is 3.19. The van der Waals surface area contributed by atoms with Gasteiger partial charge in [0.2, 0.25) is 0 Å². The van der Waals surface area contributed by atoms with Crippen LogP contribution in [0.5, 0.6) is 11.5 Å². The fourth-order valence-electron chi connectivity index (χ4n) is 1.19. The maximum Gasteiger partial charge on any atom is 0.119 e. The lowest BCUT2D eigenvalue weighted by molar-refractivity contribution is 0.122. The van der Waals surface area contributed by atoms with E-state index in [0.29, 0.717) is 12.4 Å². The minimum absolute atomic E-state index is 0. The summed E-state index contributed by atoms with van der Waals surface area (Å²) in [5.41, 5.74) is 0. The van der Waals surface area contributed by atoms with Crippen molar-refractivity contribution in [1.29, 1.82) is 0 Å². The molecule has 2 aromatic carbocycles. The lowest BCUT2D eigenvalue weighted by Crippen LogP contribution is -2.12. The number of aliphatic hydroxyl groups is 1. The molecule has 0 heterocycles. The molecule has 1 atom stereocenters. The Morgan fingerprint density at radius 3 is 1.76 bits per heavy atom. The van der Waals surface area contributed by atoms with Crippen molar-refractivity contribution in [1.82, 2.24) is 0 Å². The number of ether oxygens (including phenoxy) is 1. The van der Waals surface area contributed by atoms with E-state index in [-0.39, 0.29) is 7.43 Å². The van der Waals surface area contributed by atoms with Gasteiger partial charge in [0.15, 0.2) is 0 Å². The van der Waals surface area contributed by atoms with Crippen molar-refractivity contribution in [2.75, 3.05) is 6.61 Å². The predicted octanol–water partition coefficient (Wildman–Crippen LogP) is 5.00. The van der Waals surface area contributed by atoms with Crippen molar-refractivity contribution in [2.24, 2.45) is 0 Å². The van der Waals surface area contributed by atoms with Crippen LogP contribution in [-0.4, -0.2) is 22.9 Å². The van der Waals surface area contributed by atoms with Gasteiger partial charge in [-0.15, -0.1) is 0 Å². The van der Waals surface area contributed by atoms with Crippen molar-refractivity contribution >= 4 is 31.9 Å². The van der Waals surface area contributed by atoms with Gasteiger partial charge in [-0.25, -0.2) is 0 Å². The summed E-state index contributed by atoms with van der Waals surface area (Å²) in [5, 5.41) is 17.7. The van der Waals surface area contributed by atoms with Gasteiger partial charge in [-0.05, 0) is 55.5 Å². The molecule has 0 radical (unpaired) electrons. The van der Waals surface area contributed by atoms with Gasteiger partial charge in [-0.1, -0.05) is 39.3 Å². The first-order valence-corrected chi connectivity index (χ1v) is 7.57. The third kappa shape index (κ3) is 9.50. The molecule has 0 aliphatic heterocycles.